The number of hydrogen-bond donors (Lipinski definition) is 2. The van der Waals surface area contributed by atoms with Gasteiger partial charge in [-0.05, 0) is 61.2 Å². The third kappa shape index (κ3) is 3.99. The lowest BCUT2D eigenvalue weighted by Gasteiger charge is -2.40. The number of aromatic hydroxyl groups is 2. The van der Waals surface area contributed by atoms with Gasteiger partial charge in [0.25, 0.3) is 0 Å². The summed E-state index contributed by atoms with van der Waals surface area (Å²) < 4.78 is 7.82. The number of hydrogen-bond acceptors (Lipinski definition) is 6. The Balaban J connectivity index is 1.11. The van der Waals surface area contributed by atoms with Gasteiger partial charge in [0.2, 0.25) is 0 Å². The molecule has 3 heterocycles. The van der Waals surface area contributed by atoms with Crippen molar-refractivity contribution in [3.05, 3.63) is 47.5 Å². The van der Waals surface area contributed by atoms with Gasteiger partial charge in [0.15, 0.2) is 11.8 Å². The lowest BCUT2D eigenvalue weighted by atomic mass is 9.78. The Kier molecular flexibility index (Phi) is 5.99. The van der Waals surface area contributed by atoms with Crippen LogP contribution in [0.1, 0.15) is 36.8 Å². The van der Waals surface area contributed by atoms with Crippen LogP contribution in [0, 0.1) is 11.8 Å². The standard InChI is InChI=1S/C27H34N4O2S/c32-26-21-9-3-4-10-22(21)27(33)31(26)18-20-8-2-1-7-19(20)17-29-13-15-30(16-14-29)25-23-11-5-6-12-24(23)34-28-25/h3-6,11-12,19-20,32-33H,1-2,7-10,13-18H2. The van der Waals surface area contributed by atoms with Gasteiger partial charge < -0.3 is 15.1 Å². The Morgan fingerprint density at radius 2 is 1.50 bits per heavy atom. The maximum absolute atomic E-state index is 10.8. The molecular weight excluding hydrogens is 444 g/mol. The van der Waals surface area contributed by atoms with Crippen LogP contribution >= 0.6 is 11.5 Å². The van der Waals surface area contributed by atoms with Crippen LogP contribution in [0.4, 0.5) is 5.82 Å². The van der Waals surface area contributed by atoms with E-state index in [2.05, 4.69) is 46.2 Å². The lowest BCUT2D eigenvalue weighted by molar-refractivity contribution is 0.130. The number of anilines is 1. The maximum Gasteiger partial charge on any atom is 0.197 e. The normalized spacial score (nSPS) is 23.5. The predicted octanol–water partition coefficient (Wildman–Crippen LogP) is 4.79. The average molecular weight is 479 g/mol. The molecule has 2 fully saturated rings. The molecule has 7 heteroatoms. The summed E-state index contributed by atoms with van der Waals surface area (Å²) in [6.45, 7) is 6.00. The number of allylic oxidation sites excluding steroid dienone is 2. The van der Waals surface area contributed by atoms with Gasteiger partial charge in [-0.2, -0.15) is 4.37 Å². The molecule has 6 nitrogen and oxygen atoms in total. The first-order chi connectivity index (χ1) is 16.7. The summed E-state index contributed by atoms with van der Waals surface area (Å²) in [4.78, 5) is 5.07. The van der Waals surface area contributed by atoms with E-state index in [1.54, 1.807) is 16.1 Å². The average Bonchev–Trinajstić information content (AvgIpc) is 3.41. The minimum absolute atomic E-state index is 0.283. The molecule has 0 bridgehead atoms. The van der Waals surface area contributed by atoms with E-state index in [4.69, 9.17) is 4.37 Å². The Bertz CT molecular complexity index is 1160. The van der Waals surface area contributed by atoms with Gasteiger partial charge in [0.1, 0.15) is 5.82 Å². The number of piperazine rings is 1. The van der Waals surface area contributed by atoms with Gasteiger partial charge in [-0.15, -0.1) is 0 Å². The Morgan fingerprint density at radius 1 is 0.853 bits per heavy atom. The zero-order chi connectivity index (χ0) is 23.1. The molecule has 2 aliphatic carbocycles. The highest BCUT2D eigenvalue weighted by molar-refractivity contribution is 7.13. The molecule has 180 valence electrons. The third-order valence-corrected chi connectivity index (χ3v) is 9.05. The van der Waals surface area contributed by atoms with Crippen molar-refractivity contribution in [3.63, 3.8) is 0 Å². The van der Waals surface area contributed by atoms with Crippen molar-refractivity contribution in [2.45, 2.75) is 45.1 Å². The summed E-state index contributed by atoms with van der Waals surface area (Å²) in [5.41, 5.74) is 1.83. The largest absolute Gasteiger partial charge is 0.494 e. The van der Waals surface area contributed by atoms with Crippen molar-refractivity contribution in [1.82, 2.24) is 13.8 Å². The van der Waals surface area contributed by atoms with Gasteiger partial charge in [0, 0.05) is 55.8 Å². The number of aromatic nitrogens is 2. The van der Waals surface area contributed by atoms with E-state index in [1.807, 2.05) is 0 Å². The molecule has 6 rings (SSSR count). The van der Waals surface area contributed by atoms with Crippen LogP contribution in [0.5, 0.6) is 11.8 Å². The molecule has 0 amide bonds. The number of fused-ring (bicyclic) bond motifs is 2. The quantitative estimate of drug-likeness (QED) is 0.516. The molecule has 0 radical (unpaired) electrons. The highest BCUT2D eigenvalue weighted by Crippen LogP contribution is 2.40. The van der Waals surface area contributed by atoms with Crippen LogP contribution < -0.4 is 4.90 Å². The number of nitrogens with zero attached hydrogens (tertiary/aromatic N) is 4. The molecule has 2 N–H and O–H groups in total. The Morgan fingerprint density at radius 3 is 2.21 bits per heavy atom. The van der Waals surface area contributed by atoms with E-state index in [-0.39, 0.29) is 11.8 Å². The molecule has 2 atom stereocenters. The second-order valence-electron chi connectivity index (χ2n) is 10.2. The molecule has 1 saturated heterocycles. The highest BCUT2D eigenvalue weighted by atomic mass is 32.1. The van der Waals surface area contributed by atoms with Crippen LogP contribution in [0.15, 0.2) is 36.4 Å². The smallest absolute Gasteiger partial charge is 0.197 e. The molecule has 3 aliphatic rings. The van der Waals surface area contributed by atoms with E-state index < -0.39 is 0 Å². The molecule has 1 saturated carbocycles. The molecule has 34 heavy (non-hydrogen) atoms. The first kappa shape index (κ1) is 22.0. The minimum Gasteiger partial charge on any atom is -0.494 e. The Hall–Kier alpha value is -2.51. The van der Waals surface area contributed by atoms with Gasteiger partial charge in [-0.1, -0.05) is 37.1 Å². The summed E-state index contributed by atoms with van der Waals surface area (Å²) in [6, 6.07) is 8.53. The zero-order valence-electron chi connectivity index (χ0n) is 19.7. The second kappa shape index (κ2) is 9.27. The number of benzene rings is 1. The predicted molar refractivity (Wildman–Crippen MR) is 138 cm³/mol. The Labute approximate surface area is 205 Å². The molecule has 2 unspecified atom stereocenters. The van der Waals surface area contributed by atoms with Gasteiger partial charge in [-0.25, -0.2) is 0 Å². The molecule has 0 spiro atoms. The highest BCUT2D eigenvalue weighted by Gasteiger charge is 2.31. The van der Waals surface area contributed by atoms with E-state index in [0.717, 1.165) is 56.2 Å². The third-order valence-electron chi connectivity index (χ3n) is 8.23. The molecule has 2 aromatic heterocycles. The van der Waals surface area contributed by atoms with E-state index in [0.29, 0.717) is 24.7 Å². The van der Waals surface area contributed by atoms with Crippen LogP contribution in [-0.2, 0) is 19.4 Å². The monoisotopic (exact) mass is 478 g/mol. The molecule has 3 aromatic rings. The van der Waals surface area contributed by atoms with Crippen molar-refractivity contribution in [3.8, 4) is 11.8 Å². The number of rotatable bonds is 5. The summed E-state index contributed by atoms with van der Waals surface area (Å²) in [6.07, 6.45) is 10.6. The van der Waals surface area contributed by atoms with E-state index in [1.165, 1.54) is 35.8 Å². The van der Waals surface area contributed by atoms with Crippen LogP contribution in [0.25, 0.3) is 10.1 Å². The minimum atomic E-state index is 0.283. The van der Waals surface area contributed by atoms with Crippen molar-refractivity contribution in [2.24, 2.45) is 11.8 Å². The van der Waals surface area contributed by atoms with Gasteiger partial charge in [0.05, 0.1) is 4.70 Å². The first-order valence-corrected chi connectivity index (χ1v) is 13.5. The van der Waals surface area contributed by atoms with E-state index >= 15 is 0 Å². The van der Waals surface area contributed by atoms with Crippen LogP contribution in [-0.4, -0.2) is 56.8 Å². The maximum atomic E-state index is 10.8. The van der Waals surface area contributed by atoms with Crippen molar-refractivity contribution < 1.29 is 10.2 Å². The SMILES string of the molecule is Oc1c2c(c(O)n1CC1CCCCC1CN1CCN(c3nsc4ccccc34)CC1)CC=CC2. The van der Waals surface area contributed by atoms with Crippen molar-refractivity contribution in [2.75, 3.05) is 37.6 Å². The van der Waals surface area contributed by atoms with Crippen molar-refractivity contribution in [1.29, 1.82) is 0 Å². The molecular formula is C27H34N4O2S. The fraction of sp³-hybridized carbons (Fsp3) is 0.519. The summed E-state index contributed by atoms with van der Waals surface area (Å²) in [7, 11) is 0. The molecule has 1 aliphatic heterocycles. The summed E-state index contributed by atoms with van der Waals surface area (Å²) >= 11 is 1.60. The lowest BCUT2D eigenvalue weighted by Crippen LogP contribution is -2.49. The topological polar surface area (TPSA) is 64.8 Å². The summed E-state index contributed by atoms with van der Waals surface area (Å²) in [5.74, 6) is 2.81. The van der Waals surface area contributed by atoms with Crippen LogP contribution in [0.2, 0.25) is 0 Å². The fourth-order valence-corrected chi connectivity index (χ4v) is 7.07. The first-order valence-electron chi connectivity index (χ1n) is 12.8. The second-order valence-corrected chi connectivity index (χ2v) is 11.0. The fourth-order valence-electron chi connectivity index (χ4n) is 6.27. The summed E-state index contributed by atoms with van der Waals surface area (Å²) in [5, 5.41) is 22.9. The zero-order valence-corrected chi connectivity index (χ0v) is 20.5. The van der Waals surface area contributed by atoms with Gasteiger partial charge in [-0.3, -0.25) is 9.47 Å². The molecule has 1 aromatic carbocycles. The van der Waals surface area contributed by atoms with Gasteiger partial charge >= 0.3 is 0 Å². The van der Waals surface area contributed by atoms with Crippen molar-refractivity contribution >= 4 is 27.4 Å². The van der Waals surface area contributed by atoms with Crippen LogP contribution in [0.3, 0.4) is 0 Å². The van der Waals surface area contributed by atoms with E-state index in [9.17, 15) is 10.2 Å².